The number of amides is 1. The fourth-order valence-corrected chi connectivity index (χ4v) is 4.67. The molecule has 0 aliphatic carbocycles. The van der Waals surface area contributed by atoms with Gasteiger partial charge < -0.3 is 5.32 Å². The molecule has 2 N–H and O–H groups in total. The van der Waals surface area contributed by atoms with Gasteiger partial charge in [-0.2, -0.15) is 13.2 Å². The minimum absolute atomic E-state index is 0.0125. The van der Waals surface area contributed by atoms with Crippen molar-refractivity contribution >= 4 is 27.5 Å². The summed E-state index contributed by atoms with van der Waals surface area (Å²) in [5.74, 6) is -0.243. The van der Waals surface area contributed by atoms with E-state index >= 15 is 0 Å². The van der Waals surface area contributed by atoms with Crippen molar-refractivity contribution in [1.82, 2.24) is 15.0 Å². The molecular formula is C23H21ClF3N3O3S. The SMILES string of the molecule is O=C(CCCNS(=O)(=O)c1ccccc1-c1cc(C(F)(F)F)ccc1Cl)NCc1ccncc1. The lowest BCUT2D eigenvalue weighted by molar-refractivity contribution is -0.137. The van der Waals surface area contributed by atoms with E-state index in [4.69, 9.17) is 11.6 Å². The first-order valence-corrected chi connectivity index (χ1v) is 12.1. The Morgan fingerprint density at radius 2 is 1.71 bits per heavy atom. The van der Waals surface area contributed by atoms with Gasteiger partial charge in [0.1, 0.15) is 0 Å². The number of halogens is 4. The van der Waals surface area contributed by atoms with E-state index in [1.54, 1.807) is 24.5 Å². The fourth-order valence-electron chi connectivity index (χ4n) is 3.15. The Bertz CT molecular complexity index is 1250. The van der Waals surface area contributed by atoms with Crippen LogP contribution in [0.2, 0.25) is 5.02 Å². The van der Waals surface area contributed by atoms with Crippen molar-refractivity contribution in [1.29, 1.82) is 0 Å². The second-order valence-electron chi connectivity index (χ2n) is 7.32. The number of carbonyl (C=O) groups is 1. The second-order valence-corrected chi connectivity index (χ2v) is 9.46. The van der Waals surface area contributed by atoms with Crippen molar-refractivity contribution < 1.29 is 26.4 Å². The van der Waals surface area contributed by atoms with Crippen LogP contribution in [0.25, 0.3) is 11.1 Å². The Morgan fingerprint density at radius 3 is 2.41 bits per heavy atom. The second kappa shape index (κ2) is 11.0. The molecule has 0 atom stereocenters. The molecule has 0 aliphatic heterocycles. The van der Waals surface area contributed by atoms with E-state index < -0.39 is 21.8 Å². The third-order valence-corrected chi connectivity index (χ3v) is 6.72. The molecule has 0 saturated carbocycles. The van der Waals surface area contributed by atoms with E-state index in [1.165, 1.54) is 24.3 Å². The van der Waals surface area contributed by atoms with Crippen LogP contribution in [0.15, 0.2) is 71.9 Å². The van der Waals surface area contributed by atoms with Gasteiger partial charge in [0.2, 0.25) is 15.9 Å². The van der Waals surface area contributed by atoms with Gasteiger partial charge in [-0.25, -0.2) is 13.1 Å². The Morgan fingerprint density at radius 1 is 1.00 bits per heavy atom. The number of aromatic nitrogens is 1. The molecule has 0 saturated heterocycles. The van der Waals surface area contributed by atoms with Crippen molar-refractivity contribution in [2.45, 2.75) is 30.5 Å². The topological polar surface area (TPSA) is 88.2 Å². The average Bonchev–Trinajstić information content (AvgIpc) is 2.81. The van der Waals surface area contributed by atoms with Crippen LogP contribution in [0.1, 0.15) is 24.0 Å². The van der Waals surface area contributed by atoms with E-state index in [1.807, 2.05) is 0 Å². The van der Waals surface area contributed by atoms with Crippen LogP contribution in [0.4, 0.5) is 13.2 Å². The van der Waals surface area contributed by atoms with Gasteiger partial charge in [0.05, 0.1) is 10.5 Å². The highest BCUT2D eigenvalue weighted by atomic mass is 35.5. The summed E-state index contributed by atoms with van der Waals surface area (Å²) in [6.07, 6.45) is -1.06. The predicted octanol–water partition coefficient (Wildman–Crippen LogP) is 4.80. The molecule has 3 aromatic rings. The molecule has 34 heavy (non-hydrogen) atoms. The zero-order chi connectivity index (χ0) is 24.8. The quantitative estimate of drug-likeness (QED) is 0.404. The fraction of sp³-hybridized carbons (Fsp3) is 0.217. The number of rotatable bonds is 9. The Labute approximate surface area is 200 Å². The monoisotopic (exact) mass is 511 g/mol. The van der Waals surface area contributed by atoms with Gasteiger partial charge in [-0.1, -0.05) is 29.8 Å². The Balaban J connectivity index is 1.66. The first kappa shape index (κ1) is 25.7. The lowest BCUT2D eigenvalue weighted by atomic mass is 10.0. The van der Waals surface area contributed by atoms with Crippen LogP contribution in [0.5, 0.6) is 0 Å². The van der Waals surface area contributed by atoms with Crippen molar-refractivity contribution in [2.75, 3.05) is 6.54 Å². The summed E-state index contributed by atoms with van der Waals surface area (Å²) in [4.78, 5) is 15.7. The summed E-state index contributed by atoms with van der Waals surface area (Å²) in [6.45, 7) is 0.299. The van der Waals surface area contributed by atoms with Gasteiger partial charge >= 0.3 is 6.18 Å². The molecule has 2 aromatic carbocycles. The van der Waals surface area contributed by atoms with Crippen LogP contribution in [-0.4, -0.2) is 25.9 Å². The number of carbonyl (C=O) groups excluding carboxylic acids is 1. The normalized spacial score (nSPS) is 11.9. The number of pyridine rings is 1. The molecule has 1 heterocycles. The predicted molar refractivity (Wildman–Crippen MR) is 122 cm³/mol. The lowest BCUT2D eigenvalue weighted by Crippen LogP contribution is -2.27. The minimum atomic E-state index is -4.61. The highest BCUT2D eigenvalue weighted by Crippen LogP contribution is 2.38. The summed E-state index contributed by atoms with van der Waals surface area (Å²) in [5.41, 5.74) is -0.0621. The van der Waals surface area contributed by atoms with Gasteiger partial charge in [0, 0.05) is 48.1 Å². The van der Waals surface area contributed by atoms with Crippen LogP contribution in [0, 0.1) is 0 Å². The number of nitrogens with zero attached hydrogens (tertiary/aromatic N) is 1. The first-order chi connectivity index (χ1) is 16.1. The van der Waals surface area contributed by atoms with E-state index in [2.05, 4.69) is 15.0 Å². The van der Waals surface area contributed by atoms with Crippen LogP contribution < -0.4 is 10.0 Å². The largest absolute Gasteiger partial charge is 0.416 e. The molecule has 0 radical (unpaired) electrons. The molecule has 0 unspecified atom stereocenters. The standard InChI is InChI=1S/C23H21ClF3N3O3S/c24-20-8-7-17(23(25,26)27)14-19(20)18-4-1-2-5-21(18)34(32,33)30-11-3-6-22(31)29-15-16-9-12-28-13-10-16/h1-2,4-5,7-10,12-14,30H,3,6,11,15H2,(H,29,31). The summed E-state index contributed by atoms with van der Waals surface area (Å²) in [7, 11) is -4.09. The molecule has 3 rings (SSSR count). The summed E-state index contributed by atoms with van der Waals surface area (Å²) in [5, 5.41) is 2.72. The van der Waals surface area contributed by atoms with Crippen LogP contribution in [0.3, 0.4) is 0 Å². The van der Waals surface area contributed by atoms with Gasteiger partial charge in [-0.15, -0.1) is 0 Å². The summed E-state index contributed by atoms with van der Waals surface area (Å²) in [6, 6.07) is 11.9. The molecule has 0 bridgehead atoms. The number of nitrogens with one attached hydrogen (secondary N) is 2. The molecule has 1 amide bonds. The van der Waals surface area contributed by atoms with Crippen molar-refractivity contribution in [3.63, 3.8) is 0 Å². The third kappa shape index (κ3) is 6.78. The smallest absolute Gasteiger partial charge is 0.352 e. The molecule has 1 aromatic heterocycles. The molecule has 180 valence electrons. The molecule has 6 nitrogen and oxygen atoms in total. The van der Waals surface area contributed by atoms with Crippen molar-refractivity contribution in [3.8, 4) is 11.1 Å². The maximum atomic E-state index is 13.2. The van der Waals surface area contributed by atoms with Gasteiger partial charge in [-0.05, 0) is 48.4 Å². The van der Waals surface area contributed by atoms with E-state index in [9.17, 15) is 26.4 Å². The summed E-state index contributed by atoms with van der Waals surface area (Å²) < 4.78 is 67.7. The average molecular weight is 512 g/mol. The summed E-state index contributed by atoms with van der Waals surface area (Å²) >= 11 is 6.11. The Kier molecular flexibility index (Phi) is 8.29. The van der Waals surface area contributed by atoms with Crippen LogP contribution >= 0.6 is 11.6 Å². The van der Waals surface area contributed by atoms with Gasteiger partial charge in [0.15, 0.2) is 0 Å². The van der Waals surface area contributed by atoms with E-state index in [0.29, 0.717) is 6.54 Å². The number of alkyl halides is 3. The highest BCUT2D eigenvalue weighted by molar-refractivity contribution is 7.89. The number of sulfonamides is 1. The maximum Gasteiger partial charge on any atom is 0.416 e. The van der Waals surface area contributed by atoms with Gasteiger partial charge in [0.25, 0.3) is 0 Å². The molecule has 0 fully saturated rings. The van der Waals surface area contributed by atoms with Crippen molar-refractivity contribution in [2.24, 2.45) is 0 Å². The number of hydrogen-bond donors (Lipinski definition) is 2. The molecule has 0 aliphatic rings. The number of benzene rings is 2. The van der Waals surface area contributed by atoms with E-state index in [-0.39, 0.29) is 46.3 Å². The zero-order valence-corrected chi connectivity index (χ0v) is 19.3. The minimum Gasteiger partial charge on any atom is -0.352 e. The van der Waals surface area contributed by atoms with E-state index in [0.717, 1.165) is 23.8 Å². The van der Waals surface area contributed by atoms with Gasteiger partial charge in [-0.3, -0.25) is 9.78 Å². The highest BCUT2D eigenvalue weighted by Gasteiger charge is 2.31. The molecule has 0 spiro atoms. The van der Waals surface area contributed by atoms with Crippen molar-refractivity contribution in [3.05, 3.63) is 83.1 Å². The lowest BCUT2D eigenvalue weighted by Gasteiger charge is -2.15. The number of hydrogen-bond acceptors (Lipinski definition) is 4. The molecule has 11 heteroatoms. The first-order valence-electron chi connectivity index (χ1n) is 10.2. The zero-order valence-electron chi connectivity index (χ0n) is 17.8. The molecular weight excluding hydrogens is 491 g/mol. The van der Waals surface area contributed by atoms with Crippen LogP contribution in [-0.2, 0) is 27.5 Å². The Hall–Kier alpha value is -2.95. The maximum absolute atomic E-state index is 13.2. The third-order valence-electron chi connectivity index (χ3n) is 4.87.